The highest BCUT2D eigenvalue weighted by molar-refractivity contribution is 9.10. The molecule has 0 atom stereocenters. The number of ether oxygens (including phenoxy) is 1. The highest BCUT2D eigenvalue weighted by Gasteiger charge is 2.08. The fourth-order valence-electron chi connectivity index (χ4n) is 3.00. The van der Waals surface area contributed by atoms with E-state index in [4.69, 9.17) is 27.9 Å². The summed E-state index contributed by atoms with van der Waals surface area (Å²) in [5.74, 6) is 1.17. The molecule has 5 nitrogen and oxygen atoms in total. The first-order valence-electron chi connectivity index (χ1n) is 9.31. The zero-order valence-corrected chi connectivity index (χ0v) is 19.4. The molecule has 0 fully saturated rings. The number of nitrogens with zero attached hydrogens (tertiary/aromatic N) is 3. The van der Waals surface area contributed by atoms with Gasteiger partial charge in [0.2, 0.25) is 0 Å². The number of rotatable bonds is 5. The van der Waals surface area contributed by atoms with E-state index in [2.05, 4.69) is 26.0 Å². The van der Waals surface area contributed by atoms with Gasteiger partial charge in [-0.1, -0.05) is 57.3 Å². The Hall–Kier alpha value is -2.67. The summed E-state index contributed by atoms with van der Waals surface area (Å²) in [5, 5.41) is 5.84. The van der Waals surface area contributed by atoms with Crippen molar-refractivity contribution in [1.29, 1.82) is 0 Å². The van der Waals surface area contributed by atoms with Gasteiger partial charge in [0, 0.05) is 4.47 Å². The van der Waals surface area contributed by atoms with E-state index in [1.807, 2.05) is 36.4 Å². The Kier molecular flexibility index (Phi) is 6.41. The first kappa shape index (κ1) is 21.6. The second-order valence-corrected chi connectivity index (χ2v) is 8.52. The predicted octanol–water partition coefficient (Wildman–Crippen LogP) is 6.24. The predicted molar refractivity (Wildman–Crippen MR) is 129 cm³/mol. The van der Waals surface area contributed by atoms with Gasteiger partial charge in [0.15, 0.2) is 0 Å². The van der Waals surface area contributed by atoms with Gasteiger partial charge in [-0.3, -0.25) is 4.79 Å². The molecule has 0 radical (unpaired) electrons. The molecule has 31 heavy (non-hydrogen) atoms. The molecule has 0 N–H and O–H groups in total. The normalized spacial score (nSPS) is 11.4. The maximum absolute atomic E-state index is 12.8. The average Bonchev–Trinajstić information content (AvgIpc) is 2.75. The minimum Gasteiger partial charge on any atom is -0.489 e. The monoisotopic (exact) mass is 515 g/mol. The third kappa shape index (κ3) is 4.98. The number of aryl methyl sites for hydroxylation is 1. The van der Waals surface area contributed by atoms with E-state index in [-0.39, 0.29) is 5.56 Å². The van der Waals surface area contributed by atoms with Crippen LogP contribution in [0.4, 0.5) is 0 Å². The summed E-state index contributed by atoms with van der Waals surface area (Å²) in [5.41, 5.74) is 2.10. The maximum atomic E-state index is 12.8. The molecule has 0 saturated carbocycles. The highest BCUT2D eigenvalue weighted by Crippen LogP contribution is 2.23. The lowest BCUT2D eigenvalue weighted by Crippen LogP contribution is -2.20. The van der Waals surface area contributed by atoms with Crippen LogP contribution >= 0.6 is 39.1 Å². The SMILES string of the molecule is Cc1nc2ccc(Br)cc2c(=O)n1N=Cc1cccc(OCc2ccc(Cl)c(Cl)c2)c1. The summed E-state index contributed by atoms with van der Waals surface area (Å²) in [7, 11) is 0. The molecule has 0 bridgehead atoms. The molecule has 0 aliphatic carbocycles. The molecule has 8 heteroatoms. The van der Waals surface area contributed by atoms with E-state index in [0.29, 0.717) is 39.1 Å². The van der Waals surface area contributed by atoms with Crippen molar-refractivity contribution in [3.05, 3.63) is 102 Å². The Labute approximate surface area is 197 Å². The van der Waals surface area contributed by atoms with E-state index >= 15 is 0 Å². The maximum Gasteiger partial charge on any atom is 0.282 e. The van der Waals surface area contributed by atoms with Gasteiger partial charge in [-0.2, -0.15) is 9.78 Å². The highest BCUT2D eigenvalue weighted by atomic mass is 79.9. The summed E-state index contributed by atoms with van der Waals surface area (Å²) >= 11 is 15.4. The molecule has 0 saturated heterocycles. The van der Waals surface area contributed by atoms with Crippen LogP contribution in [-0.4, -0.2) is 15.9 Å². The Balaban J connectivity index is 1.56. The summed E-state index contributed by atoms with van der Waals surface area (Å²) in [4.78, 5) is 17.3. The molecule has 156 valence electrons. The third-order valence-electron chi connectivity index (χ3n) is 4.54. The van der Waals surface area contributed by atoms with Gasteiger partial charge in [0.05, 0.1) is 27.2 Å². The molecule has 1 heterocycles. The smallest absolute Gasteiger partial charge is 0.282 e. The van der Waals surface area contributed by atoms with Crippen molar-refractivity contribution >= 4 is 56.2 Å². The van der Waals surface area contributed by atoms with Crippen molar-refractivity contribution in [2.75, 3.05) is 0 Å². The number of halogens is 3. The Morgan fingerprint density at radius 3 is 2.74 bits per heavy atom. The molecule has 4 rings (SSSR count). The van der Waals surface area contributed by atoms with Gasteiger partial charge in [0.1, 0.15) is 18.2 Å². The van der Waals surface area contributed by atoms with Gasteiger partial charge < -0.3 is 4.74 Å². The van der Waals surface area contributed by atoms with Crippen molar-refractivity contribution in [2.45, 2.75) is 13.5 Å². The molecule has 0 unspecified atom stereocenters. The lowest BCUT2D eigenvalue weighted by atomic mass is 10.2. The van der Waals surface area contributed by atoms with E-state index in [1.165, 1.54) is 4.68 Å². The molecule has 4 aromatic rings. The van der Waals surface area contributed by atoms with Gasteiger partial charge in [-0.15, -0.1) is 0 Å². The van der Waals surface area contributed by atoms with Gasteiger partial charge in [-0.05, 0) is 60.5 Å². The molecular weight excluding hydrogens is 501 g/mol. The van der Waals surface area contributed by atoms with Crippen molar-refractivity contribution in [2.24, 2.45) is 5.10 Å². The molecule has 0 aliphatic heterocycles. The summed E-state index contributed by atoms with van der Waals surface area (Å²) < 4.78 is 7.95. The summed E-state index contributed by atoms with van der Waals surface area (Å²) in [6.45, 7) is 2.09. The Morgan fingerprint density at radius 1 is 1.10 bits per heavy atom. The fourth-order valence-corrected chi connectivity index (χ4v) is 3.68. The minimum atomic E-state index is -0.230. The zero-order chi connectivity index (χ0) is 22.0. The van der Waals surface area contributed by atoms with Crippen molar-refractivity contribution in [1.82, 2.24) is 9.66 Å². The fraction of sp³-hybridized carbons (Fsp3) is 0.0870. The minimum absolute atomic E-state index is 0.230. The second kappa shape index (κ2) is 9.22. The number of fused-ring (bicyclic) bond motifs is 1. The first-order valence-corrected chi connectivity index (χ1v) is 10.9. The molecule has 0 aliphatic rings. The zero-order valence-electron chi connectivity index (χ0n) is 16.3. The topological polar surface area (TPSA) is 56.5 Å². The van der Waals surface area contributed by atoms with Crippen LogP contribution in [0.5, 0.6) is 5.75 Å². The number of hydrogen-bond acceptors (Lipinski definition) is 4. The van der Waals surface area contributed by atoms with Crippen molar-refractivity contribution in [3.63, 3.8) is 0 Å². The Bertz CT molecular complexity index is 1370. The second-order valence-electron chi connectivity index (χ2n) is 6.79. The van der Waals surface area contributed by atoms with Gasteiger partial charge in [-0.25, -0.2) is 4.98 Å². The largest absolute Gasteiger partial charge is 0.489 e. The third-order valence-corrected chi connectivity index (χ3v) is 5.77. The van der Waals surface area contributed by atoms with Gasteiger partial charge >= 0.3 is 0 Å². The van der Waals surface area contributed by atoms with E-state index in [0.717, 1.165) is 15.6 Å². The first-order chi connectivity index (χ1) is 14.9. The number of benzene rings is 3. The van der Waals surface area contributed by atoms with E-state index in [1.54, 1.807) is 37.4 Å². The molecule has 0 spiro atoms. The Morgan fingerprint density at radius 2 is 1.94 bits per heavy atom. The molecule has 3 aromatic carbocycles. The van der Waals surface area contributed by atoms with Crippen LogP contribution < -0.4 is 10.3 Å². The molecule has 0 amide bonds. The van der Waals surface area contributed by atoms with Gasteiger partial charge in [0.25, 0.3) is 5.56 Å². The van der Waals surface area contributed by atoms with Crippen LogP contribution in [0.25, 0.3) is 10.9 Å². The quantitative estimate of drug-likeness (QED) is 0.295. The van der Waals surface area contributed by atoms with Crippen LogP contribution in [0.2, 0.25) is 10.0 Å². The number of aromatic nitrogens is 2. The lowest BCUT2D eigenvalue weighted by Gasteiger charge is -2.08. The van der Waals surface area contributed by atoms with E-state index in [9.17, 15) is 4.79 Å². The van der Waals surface area contributed by atoms with Crippen LogP contribution in [0.15, 0.2) is 75.0 Å². The standard InChI is InChI=1S/C23H16BrCl2N3O2/c1-14-28-22-8-6-17(24)11-19(22)23(30)29(14)27-12-15-3-2-4-18(9-15)31-13-16-5-7-20(25)21(26)10-16/h2-12H,13H2,1H3. The van der Waals surface area contributed by atoms with Crippen LogP contribution in [0.3, 0.4) is 0 Å². The average molecular weight is 517 g/mol. The summed E-state index contributed by atoms with van der Waals surface area (Å²) in [6, 6.07) is 18.2. The van der Waals surface area contributed by atoms with E-state index < -0.39 is 0 Å². The van der Waals surface area contributed by atoms with Crippen LogP contribution in [0, 0.1) is 6.92 Å². The lowest BCUT2D eigenvalue weighted by molar-refractivity contribution is 0.306. The summed E-state index contributed by atoms with van der Waals surface area (Å²) in [6.07, 6.45) is 1.60. The number of hydrogen-bond donors (Lipinski definition) is 0. The van der Waals surface area contributed by atoms with Crippen molar-refractivity contribution < 1.29 is 4.74 Å². The van der Waals surface area contributed by atoms with Crippen molar-refractivity contribution in [3.8, 4) is 5.75 Å². The van der Waals surface area contributed by atoms with Crippen LogP contribution in [0.1, 0.15) is 17.0 Å². The van der Waals surface area contributed by atoms with Crippen LogP contribution in [-0.2, 0) is 6.61 Å². The molecule has 1 aromatic heterocycles. The molecular formula is C23H16BrCl2N3O2.